The van der Waals surface area contributed by atoms with Crippen LogP contribution >= 0.6 is 11.6 Å². The summed E-state index contributed by atoms with van der Waals surface area (Å²) in [5, 5.41) is 0. The maximum Gasteiger partial charge on any atom is 0.0416 e. The summed E-state index contributed by atoms with van der Waals surface area (Å²) in [6.07, 6.45) is 2.53. The molecule has 0 amide bonds. The van der Waals surface area contributed by atoms with Gasteiger partial charge in [-0.3, -0.25) is 0 Å². The summed E-state index contributed by atoms with van der Waals surface area (Å²) in [7, 11) is 0. The molecule has 0 bridgehead atoms. The predicted octanol–water partition coefficient (Wildman–Crippen LogP) is 4.08. The lowest BCUT2D eigenvalue weighted by atomic mass is 9.90. The normalized spacial score (nSPS) is 15.5. The van der Waals surface area contributed by atoms with Gasteiger partial charge < -0.3 is 0 Å². The molecule has 0 aromatic carbocycles. The van der Waals surface area contributed by atoms with Crippen LogP contribution < -0.4 is 0 Å². The highest BCUT2D eigenvalue weighted by atomic mass is 35.5. The van der Waals surface area contributed by atoms with E-state index in [9.17, 15) is 0 Å². The van der Waals surface area contributed by atoms with Crippen molar-refractivity contribution in [3.05, 3.63) is 0 Å². The molecule has 0 aromatic heterocycles. The van der Waals surface area contributed by atoms with Crippen molar-refractivity contribution in [2.45, 2.75) is 52.3 Å². The second kappa shape index (κ2) is 4.35. The smallest absolute Gasteiger partial charge is 0.0416 e. The van der Waals surface area contributed by atoms with E-state index in [1.54, 1.807) is 0 Å². The highest BCUT2D eigenvalue weighted by Gasteiger charge is 2.21. The molecule has 68 valence electrons. The molecule has 1 unspecified atom stereocenters. The van der Waals surface area contributed by atoms with Gasteiger partial charge in [0.15, 0.2) is 0 Å². The summed E-state index contributed by atoms with van der Waals surface area (Å²) in [5.41, 5.74) is 0. The van der Waals surface area contributed by atoms with Gasteiger partial charge in [-0.05, 0) is 32.1 Å². The molecule has 0 aromatic rings. The third-order valence-electron chi connectivity index (χ3n) is 2.35. The van der Waals surface area contributed by atoms with Gasteiger partial charge >= 0.3 is 0 Å². The first-order valence-electron chi connectivity index (χ1n) is 4.53. The van der Waals surface area contributed by atoms with Crippen LogP contribution in [0.4, 0.5) is 0 Å². The van der Waals surface area contributed by atoms with E-state index in [4.69, 9.17) is 11.6 Å². The average Bonchev–Trinajstić information content (AvgIpc) is 1.80. The highest BCUT2D eigenvalue weighted by molar-refractivity contribution is 6.23. The monoisotopic (exact) mass is 176 g/mol. The van der Waals surface area contributed by atoms with Gasteiger partial charge in [-0.2, -0.15) is 0 Å². The molecule has 0 nitrogen and oxygen atoms in total. The Kier molecular flexibility index (Phi) is 4.46. The van der Waals surface area contributed by atoms with Gasteiger partial charge in [0.05, 0.1) is 0 Å². The zero-order valence-corrected chi connectivity index (χ0v) is 9.20. The Hall–Kier alpha value is 0.290. The van der Waals surface area contributed by atoms with Crippen LogP contribution in [-0.2, 0) is 0 Å². The second-order valence-corrected chi connectivity index (χ2v) is 5.41. The summed E-state index contributed by atoms with van der Waals surface area (Å²) < 4.78 is 0. The fraction of sp³-hybridized carbons (Fsp3) is 1.00. The van der Waals surface area contributed by atoms with E-state index in [-0.39, 0.29) is 4.87 Å². The van der Waals surface area contributed by atoms with Crippen molar-refractivity contribution < 1.29 is 0 Å². The van der Waals surface area contributed by atoms with Gasteiger partial charge in [0.25, 0.3) is 0 Å². The topological polar surface area (TPSA) is 0 Å². The Bertz CT molecular complexity index is 99.9. The molecule has 1 atom stereocenters. The SMILES string of the molecule is CC(C)CCC(C)C(C)(C)Cl. The van der Waals surface area contributed by atoms with Crippen LogP contribution in [-0.4, -0.2) is 4.87 Å². The van der Waals surface area contributed by atoms with E-state index >= 15 is 0 Å². The van der Waals surface area contributed by atoms with Crippen molar-refractivity contribution in [2.75, 3.05) is 0 Å². The quantitative estimate of drug-likeness (QED) is 0.567. The van der Waals surface area contributed by atoms with Crippen molar-refractivity contribution in [3.63, 3.8) is 0 Å². The molecule has 1 heteroatoms. The molecule has 0 aliphatic rings. The molecule has 0 fully saturated rings. The van der Waals surface area contributed by atoms with Gasteiger partial charge in [0.1, 0.15) is 0 Å². The minimum Gasteiger partial charge on any atom is -0.120 e. The number of rotatable bonds is 4. The molecular weight excluding hydrogens is 156 g/mol. The first-order valence-corrected chi connectivity index (χ1v) is 4.90. The van der Waals surface area contributed by atoms with Crippen molar-refractivity contribution >= 4 is 11.6 Å². The van der Waals surface area contributed by atoms with Gasteiger partial charge in [-0.1, -0.05) is 27.2 Å². The van der Waals surface area contributed by atoms with E-state index in [0.717, 1.165) is 5.92 Å². The standard InChI is InChI=1S/C10H21Cl/c1-8(2)6-7-9(3)10(4,5)11/h8-9H,6-7H2,1-5H3. The zero-order chi connectivity index (χ0) is 9.07. The fourth-order valence-corrected chi connectivity index (χ4v) is 1.04. The zero-order valence-electron chi connectivity index (χ0n) is 8.45. The molecule has 0 aliphatic carbocycles. The minimum atomic E-state index is -0.0328. The lowest BCUT2D eigenvalue weighted by Gasteiger charge is -2.25. The van der Waals surface area contributed by atoms with Crippen LogP contribution in [0, 0.1) is 11.8 Å². The van der Waals surface area contributed by atoms with Crippen LogP contribution in [0.15, 0.2) is 0 Å². The minimum absolute atomic E-state index is 0.0328. The Morgan fingerprint density at radius 2 is 1.55 bits per heavy atom. The van der Waals surface area contributed by atoms with Crippen LogP contribution in [0.1, 0.15) is 47.5 Å². The molecule has 0 saturated carbocycles. The number of hydrogen-bond acceptors (Lipinski definition) is 0. The molecule has 0 N–H and O–H groups in total. The molecule has 0 spiro atoms. The molecule has 0 radical (unpaired) electrons. The summed E-state index contributed by atoms with van der Waals surface area (Å²) in [6, 6.07) is 0. The lowest BCUT2D eigenvalue weighted by molar-refractivity contribution is 0.381. The van der Waals surface area contributed by atoms with Crippen LogP contribution in [0.2, 0.25) is 0 Å². The fourth-order valence-electron chi connectivity index (χ4n) is 0.927. The van der Waals surface area contributed by atoms with E-state index < -0.39 is 0 Å². The van der Waals surface area contributed by atoms with Crippen molar-refractivity contribution in [1.29, 1.82) is 0 Å². The Labute approximate surface area is 76.3 Å². The highest BCUT2D eigenvalue weighted by Crippen LogP contribution is 2.28. The van der Waals surface area contributed by atoms with E-state index in [1.165, 1.54) is 12.8 Å². The summed E-state index contributed by atoms with van der Waals surface area (Å²) in [4.78, 5) is -0.0328. The lowest BCUT2D eigenvalue weighted by Crippen LogP contribution is -2.21. The van der Waals surface area contributed by atoms with Gasteiger partial charge in [-0.15, -0.1) is 11.6 Å². The third-order valence-corrected chi connectivity index (χ3v) is 2.72. The molecule has 0 aliphatic heterocycles. The van der Waals surface area contributed by atoms with Crippen LogP contribution in [0.25, 0.3) is 0 Å². The van der Waals surface area contributed by atoms with Gasteiger partial charge in [0.2, 0.25) is 0 Å². The molecule has 0 saturated heterocycles. The number of hydrogen-bond donors (Lipinski definition) is 0. The van der Waals surface area contributed by atoms with Crippen molar-refractivity contribution in [2.24, 2.45) is 11.8 Å². The van der Waals surface area contributed by atoms with Gasteiger partial charge in [0, 0.05) is 4.87 Å². The van der Waals surface area contributed by atoms with E-state index in [1.807, 2.05) is 0 Å². The maximum absolute atomic E-state index is 6.17. The molecule has 0 heterocycles. The first-order chi connectivity index (χ1) is 4.84. The van der Waals surface area contributed by atoms with Crippen molar-refractivity contribution in [1.82, 2.24) is 0 Å². The summed E-state index contributed by atoms with van der Waals surface area (Å²) in [6.45, 7) is 10.9. The van der Waals surface area contributed by atoms with Crippen LogP contribution in [0.5, 0.6) is 0 Å². The maximum atomic E-state index is 6.17. The van der Waals surface area contributed by atoms with Crippen LogP contribution in [0.3, 0.4) is 0 Å². The first kappa shape index (κ1) is 11.3. The summed E-state index contributed by atoms with van der Waals surface area (Å²) in [5.74, 6) is 1.42. The average molecular weight is 177 g/mol. The Morgan fingerprint density at radius 1 is 1.09 bits per heavy atom. The van der Waals surface area contributed by atoms with E-state index in [2.05, 4.69) is 34.6 Å². The Morgan fingerprint density at radius 3 is 1.82 bits per heavy atom. The predicted molar refractivity (Wildman–Crippen MR) is 53.2 cm³/mol. The molecule has 11 heavy (non-hydrogen) atoms. The number of halogens is 1. The summed E-state index contributed by atoms with van der Waals surface area (Å²) >= 11 is 6.17. The number of alkyl halides is 1. The van der Waals surface area contributed by atoms with E-state index in [0.29, 0.717) is 5.92 Å². The largest absolute Gasteiger partial charge is 0.120 e. The molecular formula is C10H21Cl. The Balaban J connectivity index is 3.61. The third kappa shape index (κ3) is 5.55. The van der Waals surface area contributed by atoms with Gasteiger partial charge in [-0.25, -0.2) is 0 Å². The molecule has 0 rings (SSSR count). The second-order valence-electron chi connectivity index (χ2n) is 4.44. The van der Waals surface area contributed by atoms with Crippen molar-refractivity contribution in [3.8, 4) is 0 Å².